The van der Waals surface area contributed by atoms with Gasteiger partial charge in [-0.05, 0) is 66.2 Å². The normalized spacial score (nSPS) is 29.5. The molecule has 0 aromatic rings. The van der Waals surface area contributed by atoms with Crippen LogP contribution >= 0.6 is 0 Å². The fraction of sp³-hybridized carbons (Fsp3) is 0.941. The van der Waals surface area contributed by atoms with Crippen LogP contribution in [-0.2, 0) is 4.74 Å². The number of hydrogen-bond acceptors (Lipinski definition) is 4. The Balaban J connectivity index is 1.87. The maximum absolute atomic E-state index is 12.4. The van der Waals surface area contributed by atoms with Gasteiger partial charge in [-0.1, -0.05) is 0 Å². The number of carbonyl (C=O) groups is 1. The van der Waals surface area contributed by atoms with Gasteiger partial charge in [0.05, 0.1) is 0 Å². The van der Waals surface area contributed by atoms with Gasteiger partial charge in [-0.3, -0.25) is 0 Å². The van der Waals surface area contributed by atoms with Crippen LogP contribution in [0.1, 0.15) is 66.2 Å². The zero-order chi connectivity index (χ0) is 16.3. The molecule has 0 spiro atoms. The quantitative estimate of drug-likeness (QED) is 0.819. The van der Waals surface area contributed by atoms with E-state index in [-0.39, 0.29) is 12.7 Å². The molecule has 2 saturated heterocycles. The molecule has 2 bridgehead atoms. The van der Waals surface area contributed by atoms with Crippen LogP contribution in [0.4, 0.5) is 4.79 Å². The average Bonchev–Trinajstić information content (AvgIpc) is 2.66. The highest BCUT2D eigenvalue weighted by molar-refractivity contribution is 5.69. The van der Waals surface area contributed by atoms with E-state index >= 15 is 0 Å². The lowest BCUT2D eigenvalue weighted by atomic mass is 9.96. The first-order valence-electron chi connectivity index (χ1n) is 8.68. The summed E-state index contributed by atoms with van der Waals surface area (Å²) in [7, 11) is 0. The predicted octanol–water partition coefficient (Wildman–Crippen LogP) is 2.67. The standard InChI is InChI=1S/C17H32N2O3/c1-12(6-5-9-20)18-13-10-14-7-8-15(11-13)19(14)16(21)22-17(2,3)4/h12-15,18,20H,5-11H2,1-4H3. The Bertz CT molecular complexity index is 367. The lowest BCUT2D eigenvalue weighted by Crippen LogP contribution is -2.53. The van der Waals surface area contributed by atoms with Crippen molar-refractivity contribution in [3.8, 4) is 0 Å². The second kappa shape index (κ2) is 7.18. The Morgan fingerprint density at radius 2 is 1.91 bits per heavy atom. The van der Waals surface area contributed by atoms with E-state index < -0.39 is 5.60 Å². The molecule has 128 valence electrons. The second-order valence-corrected chi connectivity index (χ2v) is 7.87. The number of ether oxygens (including phenoxy) is 1. The molecular formula is C17H32N2O3. The molecule has 2 rings (SSSR count). The van der Waals surface area contributed by atoms with Crippen LogP contribution in [0.5, 0.6) is 0 Å². The predicted molar refractivity (Wildman–Crippen MR) is 86.8 cm³/mol. The summed E-state index contributed by atoms with van der Waals surface area (Å²) in [5, 5.41) is 12.6. The zero-order valence-corrected chi connectivity index (χ0v) is 14.5. The molecule has 2 N–H and O–H groups in total. The molecule has 2 fully saturated rings. The molecule has 1 amide bonds. The van der Waals surface area contributed by atoms with E-state index in [0.29, 0.717) is 24.2 Å². The Morgan fingerprint density at radius 1 is 1.32 bits per heavy atom. The van der Waals surface area contributed by atoms with Gasteiger partial charge in [0, 0.05) is 30.8 Å². The van der Waals surface area contributed by atoms with Crippen LogP contribution in [0.15, 0.2) is 0 Å². The Labute approximate surface area is 134 Å². The number of amides is 1. The van der Waals surface area contributed by atoms with Crippen LogP contribution in [0.3, 0.4) is 0 Å². The fourth-order valence-electron chi connectivity index (χ4n) is 3.81. The molecule has 2 aliphatic heterocycles. The van der Waals surface area contributed by atoms with Crippen molar-refractivity contribution in [2.75, 3.05) is 6.61 Å². The van der Waals surface area contributed by atoms with Crippen molar-refractivity contribution in [1.29, 1.82) is 0 Å². The number of rotatable bonds is 5. The highest BCUT2D eigenvalue weighted by Gasteiger charge is 2.44. The minimum absolute atomic E-state index is 0.147. The van der Waals surface area contributed by atoms with Gasteiger partial charge in [-0.2, -0.15) is 0 Å². The van der Waals surface area contributed by atoms with Crippen LogP contribution in [0, 0.1) is 0 Å². The molecule has 22 heavy (non-hydrogen) atoms. The molecule has 0 aliphatic carbocycles. The first-order chi connectivity index (χ1) is 10.3. The lowest BCUT2D eigenvalue weighted by molar-refractivity contribution is 0.00430. The van der Waals surface area contributed by atoms with Gasteiger partial charge in [0.2, 0.25) is 0 Å². The molecule has 3 unspecified atom stereocenters. The number of nitrogens with zero attached hydrogens (tertiary/aromatic N) is 1. The van der Waals surface area contributed by atoms with Crippen molar-refractivity contribution >= 4 is 6.09 Å². The topological polar surface area (TPSA) is 61.8 Å². The minimum atomic E-state index is -0.426. The number of aliphatic hydroxyl groups is 1. The Kier molecular flexibility index (Phi) is 5.72. The van der Waals surface area contributed by atoms with Crippen molar-refractivity contribution in [3.63, 3.8) is 0 Å². The average molecular weight is 312 g/mol. The number of fused-ring (bicyclic) bond motifs is 2. The van der Waals surface area contributed by atoms with Gasteiger partial charge in [-0.15, -0.1) is 0 Å². The maximum Gasteiger partial charge on any atom is 0.410 e. The van der Waals surface area contributed by atoms with E-state index in [4.69, 9.17) is 9.84 Å². The van der Waals surface area contributed by atoms with E-state index in [0.717, 1.165) is 38.5 Å². The molecule has 2 aliphatic rings. The van der Waals surface area contributed by atoms with Gasteiger partial charge in [0.1, 0.15) is 5.60 Å². The van der Waals surface area contributed by atoms with Crippen LogP contribution < -0.4 is 5.32 Å². The lowest BCUT2D eigenvalue weighted by Gasteiger charge is -2.40. The zero-order valence-electron chi connectivity index (χ0n) is 14.5. The van der Waals surface area contributed by atoms with E-state index in [1.807, 2.05) is 25.7 Å². The Morgan fingerprint density at radius 3 is 2.41 bits per heavy atom. The Hall–Kier alpha value is -0.810. The number of carbonyl (C=O) groups excluding carboxylic acids is 1. The van der Waals surface area contributed by atoms with Crippen molar-refractivity contribution in [1.82, 2.24) is 10.2 Å². The number of aliphatic hydroxyl groups excluding tert-OH is 1. The number of piperidine rings is 1. The van der Waals surface area contributed by atoms with Gasteiger partial charge < -0.3 is 20.1 Å². The second-order valence-electron chi connectivity index (χ2n) is 7.87. The summed E-state index contributed by atoms with van der Waals surface area (Å²) in [5.74, 6) is 0. The molecule has 0 aromatic carbocycles. The van der Waals surface area contributed by atoms with Crippen molar-refractivity contribution in [2.45, 2.75) is 96.0 Å². The van der Waals surface area contributed by atoms with Gasteiger partial charge >= 0.3 is 6.09 Å². The number of hydrogen-bond donors (Lipinski definition) is 2. The molecule has 3 atom stereocenters. The summed E-state index contributed by atoms with van der Waals surface area (Å²) < 4.78 is 5.57. The van der Waals surface area contributed by atoms with E-state index in [9.17, 15) is 4.79 Å². The highest BCUT2D eigenvalue weighted by atomic mass is 16.6. The van der Waals surface area contributed by atoms with Crippen LogP contribution in [0.2, 0.25) is 0 Å². The van der Waals surface area contributed by atoms with Crippen molar-refractivity contribution in [3.05, 3.63) is 0 Å². The molecule has 2 heterocycles. The first-order valence-corrected chi connectivity index (χ1v) is 8.68. The summed E-state index contributed by atoms with van der Waals surface area (Å²) in [6, 6.07) is 1.53. The molecule has 5 nitrogen and oxygen atoms in total. The van der Waals surface area contributed by atoms with Crippen molar-refractivity contribution < 1.29 is 14.6 Å². The maximum atomic E-state index is 12.4. The van der Waals surface area contributed by atoms with Crippen molar-refractivity contribution in [2.24, 2.45) is 0 Å². The molecular weight excluding hydrogens is 280 g/mol. The summed E-state index contributed by atoms with van der Waals surface area (Å²) in [6.45, 7) is 8.20. The van der Waals surface area contributed by atoms with Crippen LogP contribution in [0.25, 0.3) is 0 Å². The minimum Gasteiger partial charge on any atom is -0.444 e. The SMILES string of the molecule is CC(CCCO)NC1CC2CCC(C1)N2C(=O)OC(C)(C)C. The largest absolute Gasteiger partial charge is 0.444 e. The van der Waals surface area contributed by atoms with Crippen LogP contribution in [-0.4, -0.2) is 52.5 Å². The van der Waals surface area contributed by atoms with E-state index in [1.54, 1.807) is 0 Å². The van der Waals surface area contributed by atoms with E-state index in [2.05, 4.69) is 12.2 Å². The summed E-state index contributed by atoms with van der Waals surface area (Å²) in [4.78, 5) is 14.4. The summed E-state index contributed by atoms with van der Waals surface area (Å²) in [5.41, 5.74) is -0.426. The van der Waals surface area contributed by atoms with Gasteiger partial charge in [-0.25, -0.2) is 4.79 Å². The third-order valence-electron chi connectivity index (χ3n) is 4.65. The van der Waals surface area contributed by atoms with Gasteiger partial charge in [0.15, 0.2) is 0 Å². The first kappa shape index (κ1) is 17.5. The highest BCUT2D eigenvalue weighted by Crippen LogP contribution is 2.37. The van der Waals surface area contributed by atoms with Gasteiger partial charge in [0.25, 0.3) is 0 Å². The molecule has 5 heteroatoms. The monoisotopic (exact) mass is 312 g/mol. The smallest absolute Gasteiger partial charge is 0.410 e. The fourth-order valence-corrected chi connectivity index (χ4v) is 3.81. The molecule has 0 radical (unpaired) electrons. The summed E-state index contributed by atoms with van der Waals surface area (Å²) >= 11 is 0. The molecule has 0 saturated carbocycles. The molecule has 0 aromatic heterocycles. The number of nitrogens with one attached hydrogen (secondary N) is 1. The third-order valence-corrected chi connectivity index (χ3v) is 4.65. The third kappa shape index (κ3) is 4.59. The summed E-state index contributed by atoms with van der Waals surface area (Å²) in [6.07, 6.45) is 5.90. The van der Waals surface area contributed by atoms with E-state index in [1.165, 1.54) is 0 Å².